The van der Waals surface area contributed by atoms with Gasteiger partial charge in [-0.05, 0) is 52.4 Å². The third-order valence-corrected chi connectivity index (χ3v) is 5.45. The van der Waals surface area contributed by atoms with Gasteiger partial charge in [-0.2, -0.15) is 0 Å². The number of piperazine rings is 1. The SMILES string of the molecule is CC1(C2CC2)CN(C2CCCC2)C(C)(C)CN1. The molecule has 2 nitrogen and oxygen atoms in total. The molecule has 1 heterocycles. The van der Waals surface area contributed by atoms with Crippen molar-refractivity contribution in [2.75, 3.05) is 13.1 Å². The zero-order valence-electron chi connectivity index (χ0n) is 11.8. The molecular weight excluding hydrogens is 208 g/mol. The van der Waals surface area contributed by atoms with Crippen LogP contribution in [0.5, 0.6) is 0 Å². The molecule has 2 saturated carbocycles. The number of hydrogen-bond acceptors (Lipinski definition) is 2. The normalized spacial score (nSPS) is 39.7. The van der Waals surface area contributed by atoms with Gasteiger partial charge in [0.15, 0.2) is 0 Å². The van der Waals surface area contributed by atoms with Crippen LogP contribution in [0.1, 0.15) is 59.3 Å². The maximum atomic E-state index is 3.86. The van der Waals surface area contributed by atoms with E-state index < -0.39 is 0 Å². The van der Waals surface area contributed by atoms with E-state index in [1.54, 1.807) is 0 Å². The lowest BCUT2D eigenvalue weighted by Crippen LogP contribution is -2.69. The molecule has 3 rings (SSSR count). The zero-order valence-corrected chi connectivity index (χ0v) is 11.8. The second kappa shape index (κ2) is 3.96. The van der Waals surface area contributed by atoms with Crippen LogP contribution in [0.4, 0.5) is 0 Å². The van der Waals surface area contributed by atoms with Crippen LogP contribution in [-0.2, 0) is 0 Å². The Morgan fingerprint density at radius 1 is 1.00 bits per heavy atom. The molecule has 0 bridgehead atoms. The fraction of sp³-hybridized carbons (Fsp3) is 1.00. The molecule has 1 atom stereocenters. The summed E-state index contributed by atoms with van der Waals surface area (Å²) in [6.45, 7) is 9.74. The summed E-state index contributed by atoms with van der Waals surface area (Å²) in [6.07, 6.45) is 8.66. The van der Waals surface area contributed by atoms with Crippen molar-refractivity contribution in [2.24, 2.45) is 5.92 Å². The highest BCUT2D eigenvalue weighted by molar-refractivity contribution is 5.08. The fourth-order valence-electron chi connectivity index (χ4n) is 3.98. The second-order valence-corrected chi connectivity index (χ2v) is 7.42. The monoisotopic (exact) mass is 236 g/mol. The fourth-order valence-corrected chi connectivity index (χ4v) is 3.98. The van der Waals surface area contributed by atoms with Gasteiger partial charge in [-0.25, -0.2) is 0 Å². The van der Waals surface area contributed by atoms with Crippen molar-refractivity contribution < 1.29 is 0 Å². The van der Waals surface area contributed by atoms with E-state index in [-0.39, 0.29) is 0 Å². The highest BCUT2D eigenvalue weighted by Gasteiger charge is 2.49. The Morgan fingerprint density at radius 2 is 1.65 bits per heavy atom. The Balaban J connectivity index is 1.76. The summed E-state index contributed by atoms with van der Waals surface area (Å²) in [7, 11) is 0. The standard InChI is InChI=1S/C15H28N2/c1-14(2)10-16-15(3,12-8-9-12)11-17(14)13-6-4-5-7-13/h12-13,16H,4-11H2,1-3H3. The molecular formula is C15H28N2. The minimum atomic E-state index is 0.351. The first-order valence-corrected chi connectivity index (χ1v) is 7.53. The predicted molar refractivity (Wildman–Crippen MR) is 72.2 cm³/mol. The lowest BCUT2D eigenvalue weighted by Gasteiger charge is -2.53. The minimum Gasteiger partial charge on any atom is -0.308 e. The smallest absolute Gasteiger partial charge is 0.0309 e. The molecule has 3 fully saturated rings. The topological polar surface area (TPSA) is 15.3 Å². The van der Waals surface area contributed by atoms with Crippen molar-refractivity contribution in [2.45, 2.75) is 76.4 Å². The third kappa shape index (κ3) is 2.15. The number of nitrogens with zero attached hydrogens (tertiary/aromatic N) is 1. The lowest BCUT2D eigenvalue weighted by molar-refractivity contribution is -0.00744. The van der Waals surface area contributed by atoms with Crippen molar-refractivity contribution in [3.8, 4) is 0 Å². The van der Waals surface area contributed by atoms with Gasteiger partial charge in [0.2, 0.25) is 0 Å². The molecule has 0 aromatic carbocycles. The van der Waals surface area contributed by atoms with Crippen LogP contribution in [-0.4, -0.2) is 35.1 Å². The first kappa shape index (κ1) is 12.0. The molecule has 1 unspecified atom stereocenters. The van der Waals surface area contributed by atoms with Gasteiger partial charge >= 0.3 is 0 Å². The van der Waals surface area contributed by atoms with E-state index in [4.69, 9.17) is 0 Å². The van der Waals surface area contributed by atoms with Gasteiger partial charge in [0.1, 0.15) is 0 Å². The van der Waals surface area contributed by atoms with Gasteiger partial charge in [0, 0.05) is 30.2 Å². The van der Waals surface area contributed by atoms with E-state index in [2.05, 4.69) is 31.0 Å². The molecule has 0 spiro atoms. The number of nitrogens with one attached hydrogen (secondary N) is 1. The molecule has 0 aromatic rings. The van der Waals surface area contributed by atoms with Gasteiger partial charge in [-0.15, -0.1) is 0 Å². The van der Waals surface area contributed by atoms with Gasteiger partial charge in [-0.1, -0.05) is 12.8 Å². The van der Waals surface area contributed by atoms with Crippen LogP contribution in [0.25, 0.3) is 0 Å². The van der Waals surface area contributed by atoms with E-state index in [1.165, 1.54) is 45.1 Å². The first-order chi connectivity index (χ1) is 8.01. The van der Waals surface area contributed by atoms with Crippen molar-refractivity contribution in [1.82, 2.24) is 10.2 Å². The lowest BCUT2D eigenvalue weighted by atomic mass is 9.85. The highest BCUT2D eigenvalue weighted by atomic mass is 15.3. The largest absolute Gasteiger partial charge is 0.308 e. The summed E-state index contributed by atoms with van der Waals surface area (Å²) in [4.78, 5) is 2.84. The summed E-state index contributed by atoms with van der Waals surface area (Å²) >= 11 is 0. The van der Waals surface area contributed by atoms with Crippen LogP contribution < -0.4 is 5.32 Å². The maximum absolute atomic E-state index is 3.86. The van der Waals surface area contributed by atoms with Gasteiger partial charge in [-0.3, -0.25) is 4.90 Å². The summed E-state index contributed by atoms with van der Waals surface area (Å²) in [5, 5.41) is 3.86. The van der Waals surface area contributed by atoms with Crippen LogP contribution in [0.15, 0.2) is 0 Å². The molecule has 1 aliphatic heterocycles. The highest BCUT2D eigenvalue weighted by Crippen LogP contribution is 2.44. The van der Waals surface area contributed by atoms with Crippen LogP contribution in [0.2, 0.25) is 0 Å². The Bertz CT molecular complexity index is 289. The van der Waals surface area contributed by atoms with Gasteiger partial charge < -0.3 is 5.32 Å². The predicted octanol–water partition coefficient (Wildman–Crippen LogP) is 2.78. The molecule has 1 saturated heterocycles. The van der Waals surface area contributed by atoms with E-state index in [0.717, 1.165) is 18.5 Å². The van der Waals surface area contributed by atoms with Crippen molar-refractivity contribution in [3.05, 3.63) is 0 Å². The average molecular weight is 236 g/mol. The van der Waals surface area contributed by atoms with Crippen molar-refractivity contribution >= 4 is 0 Å². The number of hydrogen-bond donors (Lipinski definition) is 1. The van der Waals surface area contributed by atoms with E-state index >= 15 is 0 Å². The first-order valence-electron chi connectivity index (χ1n) is 7.53. The van der Waals surface area contributed by atoms with Crippen LogP contribution in [0.3, 0.4) is 0 Å². The van der Waals surface area contributed by atoms with E-state index in [1.807, 2.05) is 0 Å². The maximum Gasteiger partial charge on any atom is 0.0309 e. The van der Waals surface area contributed by atoms with E-state index in [9.17, 15) is 0 Å². The van der Waals surface area contributed by atoms with Crippen LogP contribution >= 0.6 is 0 Å². The number of rotatable bonds is 2. The summed E-state index contributed by atoms with van der Waals surface area (Å²) in [5.74, 6) is 0.947. The minimum absolute atomic E-state index is 0.351. The molecule has 2 heteroatoms. The molecule has 0 aromatic heterocycles. The molecule has 1 N–H and O–H groups in total. The molecule has 3 aliphatic rings. The van der Waals surface area contributed by atoms with Gasteiger partial charge in [0.25, 0.3) is 0 Å². The molecule has 17 heavy (non-hydrogen) atoms. The molecule has 0 radical (unpaired) electrons. The Kier molecular flexibility index (Phi) is 2.79. The van der Waals surface area contributed by atoms with Crippen molar-refractivity contribution in [1.29, 1.82) is 0 Å². The Labute approximate surface area is 106 Å². The third-order valence-electron chi connectivity index (χ3n) is 5.45. The Morgan fingerprint density at radius 3 is 2.24 bits per heavy atom. The average Bonchev–Trinajstić information content (AvgIpc) is 3.00. The summed E-state index contributed by atoms with van der Waals surface area (Å²) < 4.78 is 0. The quantitative estimate of drug-likeness (QED) is 0.793. The van der Waals surface area contributed by atoms with E-state index in [0.29, 0.717) is 11.1 Å². The Hall–Kier alpha value is -0.0800. The summed E-state index contributed by atoms with van der Waals surface area (Å²) in [6, 6.07) is 0.866. The van der Waals surface area contributed by atoms with Gasteiger partial charge in [0.05, 0.1) is 0 Å². The van der Waals surface area contributed by atoms with Crippen molar-refractivity contribution in [3.63, 3.8) is 0 Å². The molecule has 0 amide bonds. The summed E-state index contributed by atoms with van der Waals surface area (Å²) in [5.41, 5.74) is 0.752. The van der Waals surface area contributed by atoms with Crippen LogP contribution in [0, 0.1) is 5.92 Å². The zero-order chi connectivity index (χ0) is 12.1. The molecule has 2 aliphatic carbocycles. The second-order valence-electron chi connectivity index (χ2n) is 7.42. The molecule has 98 valence electrons.